The van der Waals surface area contributed by atoms with E-state index in [0.29, 0.717) is 26.1 Å². The molecule has 1 aromatic heterocycles. The van der Waals surface area contributed by atoms with Crippen LogP contribution in [0.4, 0.5) is 0 Å². The number of benzene rings is 2. The first-order chi connectivity index (χ1) is 21.3. The van der Waals surface area contributed by atoms with Gasteiger partial charge in [-0.2, -0.15) is 0 Å². The Bertz CT molecular complexity index is 1470. The van der Waals surface area contributed by atoms with Gasteiger partial charge in [-0.1, -0.05) is 60.7 Å². The molecule has 4 N–H and O–H groups in total. The van der Waals surface area contributed by atoms with E-state index < -0.39 is 18.0 Å². The van der Waals surface area contributed by atoms with Crippen LogP contribution in [0.1, 0.15) is 40.2 Å². The van der Waals surface area contributed by atoms with E-state index in [1.54, 1.807) is 16.5 Å². The van der Waals surface area contributed by atoms with Crippen LogP contribution in [0.3, 0.4) is 0 Å². The van der Waals surface area contributed by atoms with Gasteiger partial charge in [-0.05, 0) is 36.3 Å². The first-order valence-corrected chi connectivity index (χ1v) is 15.6. The summed E-state index contributed by atoms with van der Waals surface area (Å²) in [6.45, 7) is 0.991. The molecule has 44 heavy (non-hydrogen) atoms. The van der Waals surface area contributed by atoms with Gasteiger partial charge in [-0.3, -0.25) is 24.6 Å². The molecule has 3 aromatic rings. The molecular weight excluding hydrogens is 578 g/mol. The van der Waals surface area contributed by atoms with Gasteiger partial charge >= 0.3 is 0 Å². The number of aromatic nitrogens is 1. The van der Waals surface area contributed by atoms with Crippen LogP contribution >= 0.6 is 11.3 Å². The fourth-order valence-electron chi connectivity index (χ4n) is 5.95. The molecule has 0 unspecified atom stereocenters. The van der Waals surface area contributed by atoms with Gasteiger partial charge in [0, 0.05) is 37.6 Å². The van der Waals surface area contributed by atoms with Crippen molar-refractivity contribution in [3.63, 3.8) is 0 Å². The lowest BCUT2D eigenvalue weighted by atomic mass is 9.90. The number of nitrogens with two attached hydrogens (primary N) is 1. The number of nitrogens with one attached hydrogen (secondary N) is 2. The van der Waals surface area contributed by atoms with Gasteiger partial charge in [0.2, 0.25) is 23.5 Å². The average Bonchev–Trinajstić information content (AvgIpc) is 3.57. The van der Waals surface area contributed by atoms with Crippen LogP contribution in [-0.4, -0.2) is 87.4 Å². The highest BCUT2D eigenvalue weighted by Gasteiger charge is 2.41. The summed E-state index contributed by atoms with van der Waals surface area (Å²) in [5, 5.41) is 12.7. The van der Waals surface area contributed by atoms with Crippen LogP contribution in [0.25, 0.3) is 0 Å². The van der Waals surface area contributed by atoms with Gasteiger partial charge < -0.3 is 25.8 Å². The summed E-state index contributed by atoms with van der Waals surface area (Å²) in [6, 6.07) is 17.1. The first-order valence-electron chi connectivity index (χ1n) is 14.8. The number of likely N-dealkylation sites (tertiary alicyclic amines) is 1. The molecule has 0 bridgehead atoms. The third-order valence-electron chi connectivity index (χ3n) is 8.15. The maximum atomic E-state index is 13.8. The van der Waals surface area contributed by atoms with E-state index in [2.05, 4.69) is 10.3 Å². The Morgan fingerprint density at radius 1 is 1.07 bits per heavy atom. The number of piperazine rings is 1. The standard InChI is InChI=1S/C32H37N7O4S/c33-32(34)37-14-7-12-24(19-37)16-25(29(42)30-35-13-15-44-30)36-27(40)20-39-26(17-22-8-3-1-4-9-22)31(43)38(21-28(39)41)18-23-10-5-2-6-11-23/h1-6,8-11,13,15,24-26H,7,12,14,16-21H2,(H3,33,34)(H,36,40)/t24-,25-,26+/m0/s1. The van der Waals surface area contributed by atoms with Crippen LogP contribution in [0, 0.1) is 11.3 Å². The molecule has 2 saturated heterocycles. The van der Waals surface area contributed by atoms with Crippen LogP contribution < -0.4 is 11.1 Å². The summed E-state index contributed by atoms with van der Waals surface area (Å²) in [7, 11) is 0. The number of hydrogen-bond acceptors (Lipinski definition) is 7. The zero-order valence-electron chi connectivity index (χ0n) is 24.4. The molecule has 0 radical (unpaired) electrons. The normalized spacial score (nSPS) is 19.5. The quantitative estimate of drug-likeness (QED) is 0.170. The average molecular weight is 616 g/mol. The van der Waals surface area contributed by atoms with Crippen molar-refractivity contribution < 1.29 is 19.2 Å². The van der Waals surface area contributed by atoms with Crippen molar-refractivity contribution >= 4 is 40.8 Å². The molecule has 0 spiro atoms. The SMILES string of the molecule is N=C(N)N1CCC[C@@H](C[C@H](NC(=O)CN2C(=O)CN(Cc3ccccc3)C(=O)[C@H]2Cc2ccccc2)C(=O)c2nccs2)C1. The van der Waals surface area contributed by atoms with Gasteiger partial charge in [0.25, 0.3) is 0 Å². The minimum atomic E-state index is -0.872. The van der Waals surface area contributed by atoms with E-state index in [0.717, 1.165) is 24.0 Å². The molecule has 2 fully saturated rings. The summed E-state index contributed by atoms with van der Waals surface area (Å²) in [5.74, 6) is -1.37. The predicted molar refractivity (Wildman–Crippen MR) is 167 cm³/mol. The fraction of sp³-hybridized carbons (Fsp3) is 0.375. The Kier molecular flexibility index (Phi) is 10.0. The second-order valence-corrected chi connectivity index (χ2v) is 12.2. The van der Waals surface area contributed by atoms with Crippen LogP contribution in [-0.2, 0) is 27.3 Å². The highest BCUT2D eigenvalue weighted by molar-refractivity contribution is 7.11. The first kappa shape index (κ1) is 30.9. The molecule has 2 aromatic carbocycles. The van der Waals surface area contributed by atoms with Crippen LogP contribution in [0.2, 0.25) is 0 Å². The van der Waals surface area contributed by atoms with Crippen molar-refractivity contribution in [2.24, 2.45) is 11.7 Å². The number of hydrogen-bond donors (Lipinski definition) is 3. The molecule has 0 aliphatic carbocycles. The molecule has 12 heteroatoms. The van der Waals surface area contributed by atoms with Crippen LogP contribution in [0.5, 0.6) is 0 Å². The summed E-state index contributed by atoms with van der Waals surface area (Å²) in [5.41, 5.74) is 7.50. The minimum absolute atomic E-state index is 0.0134. The van der Waals surface area contributed by atoms with E-state index in [9.17, 15) is 19.2 Å². The number of piperidine rings is 1. The van der Waals surface area contributed by atoms with Crippen molar-refractivity contribution in [3.05, 3.63) is 88.4 Å². The third-order valence-corrected chi connectivity index (χ3v) is 8.93. The summed E-state index contributed by atoms with van der Waals surface area (Å²) in [4.78, 5) is 63.2. The zero-order valence-corrected chi connectivity index (χ0v) is 25.2. The molecule has 2 aliphatic rings. The second-order valence-electron chi connectivity index (χ2n) is 11.3. The molecule has 0 saturated carbocycles. The number of Topliss-reactive ketones (excluding diaryl/α,β-unsaturated/α-hetero) is 1. The lowest BCUT2D eigenvalue weighted by Gasteiger charge is -2.40. The number of carbonyl (C=O) groups excluding carboxylic acids is 4. The number of nitrogens with zero attached hydrogens (tertiary/aromatic N) is 4. The number of ketones is 1. The number of rotatable bonds is 11. The lowest BCUT2D eigenvalue weighted by Crippen LogP contribution is -2.62. The smallest absolute Gasteiger partial charge is 0.246 e. The number of guanidine groups is 1. The van der Waals surface area contributed by atoms with Crippen LogP contribution in [0.15, 0.2) is 72.2 Å². The molecule has 2 aliphatic heterocycles. The largest absolute Gasteiger partial charge is 0.370 e. The van der Waals surface area contributed by atoms with Crippen molar-refractivity contribution in [2.75, 3.05) is 26.2 Å². The van der Waals surface area contributed by atoms with Gasteiger partial charge in [0.1, 0.15) is 19.1 Å². The maximum absolute atomic E-state index is 13.8. The van der Waals surface area contributed by atoms with Crippen molar-refractivity contribution in [2.45, 2.75) is 44.3 Å². The number of thiazole rings is 1. The van der Waals surface area contributed by atoms with E-state index in [1.165, 1.54) is 21.1 Å². The Hall–Kier alpha value is -4.58. The van der Waals surface area contributed by atoms with Crippen molar-refractivity contribution in [3.8, 4) is 0 Å². The summed E-state index contributed by atoms with van der Waals surface area (Å²) < 4.78 is 0. The minimum Gasteiger partial charge on any atom is -0.370 e. The van der Waals surface area contributed by atoms with E-state index in [1.807, 2.05) is 60.7 Å². The highest BCUT2D eigenvalue weighted by atomic mass is 32.1. The monoisotopic (exact) mass is 615 g/mol. The lowest BCUT2D eigenvalue weighted by molar-refractivity contribution is -0.157. The number of amides is 3. The Labute approximate surface area is 260 Å². The highest BCUT2D eigenvalue weighted by Crippen LogP contribution is 2.24. The van der Waals surface area contributed by atoms with Gasteiger partial charge in [-0.25, -0.2) is 4.98 Å². The summed E-state index contributed by atoms with van der Waals surface area (Å²) >= 11 is 1.20. The third kappa shape index (κ3) is 7.67. The molecule has 5 rings (SSSR count). The second kappa shape index (κ2) is 14.3. The summed E-state index contributed by atoms with van der Waals surface area (Å²) in [6.07, 6.45) is 3.80. The Balaban J connectivity index is 1.33. The Morgan fingerprint density at radius 2 is 1.77 bits per heavy atom. The van der Waals surface area contributed by atoms with Gasteiger partial charge in [-0.15, -0.1) is 11.3 Å². The van der Waals surface area contributed by atoms with E-state index in [-0.39, 0.29) is 54.0 Å². The number of carbonyl (C=O) groups is 4. The molecular formula is C32H37N7O4S. The van der Waals surface area contributed by atoms with E-state index >= 15 is 0 Å². The van der Waals surface area contributed by atoms with Crippen molar-refractivity contribution in [1.29, 1.82) is 5.41 Å². The predicted octanol–water partition coefficient (Wildman–Crippen LogP) is 2.29. The van der Waals surface area contributed by atoms with Gasteiger partial charge in [0.05, 0.1) is 6.04 Å². The van der Waals surface area contributed by atoms with Gasteiger partial charge in [0.15, 0.2) is 11.0 Å². The fourth-order valence-corrected chi connectivity index (χ4v) is 6.58. The molecule has 3 amide bonds. The molecule has 3 atom stereocenters. The zero-order chi connectivity index (χ0) is 31.1. The Morgan fingerprint density at radius 3 is 2.43 bits per heavy atom. The molecule has 11 nitrogen and oxygen atoms in total. The van der Waals surface area contributed by atoms with Crippen molar-refractivity contribution in [1.82, 2.24) is 25.0 Å². The topological polar surface area (TPSA) is 153 Å². The molecule has 3 heterocycles. The molecule has 230 valence electrons. The maximum Gasteiger partial charge on any atom is 0.246 e. The van der Waals surface area contributed by atoms with E-state index in [4.69, 9.17) is 11.1 Å².